The summed E-state index contributed by atoms with van der Waals surface area (Å²) >= 11 is 6.29. The van der Waals surface area contributed by atoms with Crippen molar-refractivity contribution < 1.29 is 17.9 Å². The van der Waals surface area contributed by atoms with Gasteiger partial charge in [-0.3, -0.25) is 9.52 Å². The maximum atomic E-state index is 12.7. The van der Waals surface area contributed by atoms with Crippen LogP contribution in [0.4, 0.5) is 5.69 Å². The average Bonchev–Trinajstić information content (AvgIpc) is 2.74. The number of benzene rings is 3. The van der Waals surface area contributed by atoms with Gasteiger partial charge in [0, 0.05) is 0 Å². The lowest BCUT2D eigenvalue weighted by Gasteiger charge is -2.16. The molecule has 0 saturated heterocycles. The largest absolute Gasteiger partial charge is 0.494 e. The van der Waals surface area contributed by atoms with E-state index in [1.54, 1.807) is 12.1 Å². The number of nitrogens with one attached hydrogen (secondary N) is 2. The molecule has 8 heteroatoms. The van der Waals surface area contributed by atoms with E-state index in [0.29, 0.717) is 6.61 Å². The van der Waals surface area contributed by atoms with E-state index in [2.05, 4.69) is 10.0 Å². The van der Waals surface area contributed by atoms with Gasteiger partial charge in [0.1, 0.15) is 5.75 Å². The number of sulfonamides is 1. The fourth-order valence-electron chi connectivity index (χ4n) is 3.07. The van der Waals surface area contributed by atoms with Crippen LogP contribution < -0.4 is 14.8 Å². The second-order valence-electron chi connectivity index (χ2n) is 7.31. The normalized spacial score (nSPS) is 12.1. The van der Waals surface area contributed by atoms with Crippen molar-refractivity contribution in [1.29, 1.82) is 0 Å². The van der Waals surface area contributed by atoms with Crippen LogP contribution in [0.3, 0.4) is 0 Å². The summed E-state index contributed by atoms with van der Waals surface area (Å²) in [5.41, 5.74) is 2.40. The van der Waals surface area contributed by atoms with Gasteiger partial charge >= 0.3 is 0 Å². The number of rotatable bonds is 8. The molecule has 2 N–H and O–H groups in total. The molecular formula is C24H25ClN2O4S. The van der Waals surface area contributed by atoms with E-state index in [-0.39, 0.29) is 33.1 Å². The van der Waals surface area contributed by atoms with Gasteiger partial charge in [-0.15, -0.1) is 0 Å². The third-order valence-electron chi connectivity index (χ3n) is 4.84. The third-order valence-corrected chi connectivity index (χ3v) is 6.55. The minimum atomic E-state index is -3.76. The van der Waals surface area contributed by atoms with Crippen molar-refractivity contribution in [2.75, 3.05) is 11.3 Å². The Hall–Kier alpha value is -3.03. The lowest BCUT2D eigenvalue weighted by atomic mass is 10.1. The van der Waals surface area contributed by atoms with Crippen LogP contribution in [0, 0.1) is 6.92 Å². The Balaban J connectivity index is 1.70. The highest BCUT2D eigenvalue weighted by atomic mass is 35.5. The predicted molar refractivity (Wildman–Crippen MR) is 127 cm³/mol. The quantitative estimate of drug-likeness (QED) is 0.463. The predicted octanol–water partition coefficient (Wildman–Crippen LogP) is 5.34. The number of amides is 1. The third kappa shape index (κ3) is 5.81. The summed E-state index contributed by atoms with van der Waals surface area (Å²) in [6, 6.07) is 18.2. The number of carbonyl (C=O) groups is 1. The van der Waals surface area contributed by atoms with Crippen LogP contribution in [-0.2, 0) is 10.0 Å². The zero-order valence-corrected chi connectivity index (χ0v) is 19.6. The van der Waals surface area contributed by atoms with E-state index in [0.717, 1.165) is 16.9 Å². The highest BCUT2D eigenvalue weighted by Crippen LogP contribution is 2.25. The van der Waals surface area contributed by atoms with E-state index < -0.39 is 10.0 Å². The fourth-order valence-corrected chi connectivity index (χ4v) is 4.39. The SMILES string of the molecule is CCOc1ccc([C@@H](C)NC(=O)c2ccc(NS(=O)(=O)c3ccc(C)cc3)cc2Cl)cc1. The van der Waals surface area contributed by atoms with Crippen LogP contribution in [0.25, 0.3) is 0 Å². The minimum Gasteiger partial charge on any atom is -0.494 e. The first-order valence-corrected chi connectivity index (χ1v) is 12.0. The molecule has 3 aromatic carbocycles. The highest BCUT2D eigenvalue weighted by molar-refractivity contribution is 7.92. The maximum Gasteiger partial charge on any atom is 0.261 e. The molecule has 0 heterocycles. The van der Waals surface area contributed by atoms with Gasteiger partial charge in [0.25, 0.3) is 15.9 Å². The number of hydrogen-bond donors (Lipinski definition) is 2. The molecule has 1 amide bonds. The van der Waals surface area contributed by atoms with Crippen molar-refractivity contribution in [2.45, 2.75) is 31.7 Å². The van der Waals surface area contributed by atoms with Gasteiger partial charge in [-0.2, -0.15) is 0 Å². The monoisotopic (exact) mass is 472 g/mol. The zero-order valence-electron chi connectivity index (χ0n) is 18.1. The Morgan fingerprint density at radius 1 is 1.03 bits per heavy atom. The summed E-state index contributed by atoms with van der Waals surface area (Å²) in [6.07, 6.45) is 0. The maximum absolute atomic E-state index is 12.7. The first kappa shape index (κ1) is 23.6. The van der Waals surface area contributed by atoms with Gasteiger partial charge in [0.05, 0.1) is 33.8 Å². The number of hydrogen-bond acceptors (Lipinski definition) is 4. The van der Waals surface area contributed by atoms with E-state index in [9.17, 15) is 13.2 Å². The molecule has 32 heavy (non-hydrogen) atoms. The van der Waals surface area contributed by atoms with Crippen molar-refractivity contribution in [2.24, 2.45) is 0 Å². The van der Waals surface area contributed by atoms with E-state index in [4.69, 9.17) is 16.3 Å². The topological polar surface area (TPSA) is 84.5 Å². The molecule has 6 nitrogen and oxygen atoms in total. The van der Waals surface area contributed by atoms with Gasteiger partial charge in [-0.25, -0.2) is 8.42 Å². The molecule has 3 rings (SSSR count). The smallest absolute Gasteiger partial charge is 0.261 e. The van der Waals surface area contributed by atoms with Crippen LogP contribution in [-0.4, -0.2) is 20.9 Å². The molecule has 168 valence electrons. The molecule has 0 bridgehead atoms. The molecule has 0 spiro atoms. The van der Waals surface area contributed by atoms with Crippen LogP contribution in [0.5, 0.6) is 5.75 Å². The summed E-state index contributed by atoms with van der Waals surface area (Å²) < 4.78 is 33.1. The highest BCUT2D eigenvalue weighted by Gasteiger charge is 2.18. The number of anilines is 1. The van der Waals surface area contributed by atoms with Crippen molar-refractivity contribution in [3.8, 4) is 5.75 Å². The van der Waals surface area contributed by atoms with Crippen LogP contribution >= 0.6 is 11.6 Å². The van der Waals surface area contributed by atoms with Crippen molar-refractivity contribution >= 4 is 33.2 Å². The first-order chi connectivity index (χ1) is 15.2. The molecule has 0 fully saturated rings. The molecule has 3 aromatic rings. The van der Waals surface area contributed by atoms with Crippen LogP contribution in [0.1, 0.15) is 41.4 Å². The molecule has 0 aliphatic carbocycles. The second-order valence-corrected chi connectivity index (χ2v) is 9.40. The molecule has 0 aliphatic rings. The molecule has 0 unspecified atom stereocenters. The molecule has 0 saturated carbocycles. The Morgan fingerprint density at radius 3 is 2.28 bits per heavy atom. The van der Waals surface area contributed by atoms with E-state index in [1.807, 2.05) is 45.0 Å². The number of aryl methyl sites for hydroxylation is 1. The Labute approximate surface area is 193 Å². The molecule has 0 aliphatic heterocycles. The lowest BCUT2D eigenvalue weighted by molar-refractivity contribution is 0.0940. The Bertz CT molecular complexity index is 1190. The summed E-state index contributed by atoms with van der Waals surface area (Å²) in [5.74, 6) is 0.408. The van der Waals surface area contributed by atoms with Crippen molar-refractivity contribution in [1.82, 2.24) is 5.32 Å². The molecule has 1 atom stereocenters. The molecular weight excluding hydrogens is 448 g/mol. The number of ether oxygens (including phenoxy) is 1. The Morgan fingerprint density at radius 2 is 1.69 bits per heavy atom. The number of halogens is 1. The van der Waals surface area contributed by atoms with E-state index in [1.165, 1.54) is 30.3 Å². The standard InChI is InChI=1S/C24H25ClN2O4S/c1-4-31-20-10-7-18(8-11-20)17(3)26-24(28)22-14-9-19(15-23(22)25)27-32(29,30)21-12-5-16(2)6-13-21/h5-15,17,27H,4H2,1-3H3,(H,26,28)/t17-/m1/s1. The fraction of sp³-hybridized carbons (Fsp3) is 0.208. The average molecular weight is 473 g/mol. The molecule has 0 radical (unpaired) electrons. The van der Waals surface area contributed by atoms with Gasteiger partial charge in [-0.1, -0.05) is 41.4 Å². The van der Waals surface area contributed by atoms with Crippen molar-refractivity contribution in [3.05, 3.63) is 88.4 Å². The second kappa shape index (κ2) is 10.1. The lowest BCUT2D eigenvalue weighted by Crippen LogP contribution is -2.27. The minimum absolute atomic E-state index is 0.144. The Kier molecular flexibility index (Phi) is 7.43. The van der Waals surface area contributed by atoms with Crippen molar-refractivity contribution in [3.63, 3.8) is 0 Å². The van der Waals surface area contributed by atoms with Gasteiger partial charge < -0.3 is 10.1 Å². The van der Waals surface area contributed by atoms with Gasteiger partial charge in [0.2, 0.25) is 0 Å². The van der Waals surface area contributed by atoms with Gasteiger partial charge in [-0.05, 0) is 68.8 Å². The number of carbonyl (C=O) groups excluding carboxylic acids is 1. The van der Waals surface area contributed by atoms with Crippen LogP contribution in [0.2, 0.25) is 5.02 Å². The first-order valence-electron chi connectivity index (χ1n) is 10.1. The van der Waals surface area contributed by atoms with Crippen LogP contribution in [0.15, 0.2) is 71.6 Å². The molecule has 0 aromatic heterocycles. The van der Waals surface area contributed by atoms with Gasteiger partial charge in [0.15, 0.2) is 0 Å². The summed E-state index contributed by atoms with van der Waals surface area (Å²) in [7, 11) is -3.76. The van der Waals surface area contributed by atoms with E-state index >= 15 is 0 Å². The zero-order chi connectivity index (χ0) is 23.3. The summed E-state index contributed by atoms with van der Waals surface area (Å²) in [6.45, 7) is 6.25. The summed E-state index contributed by atoms with van der Waals surface area (Å²) in [5, 5.41) is 3.04. The summed E-state index contributed by atoms with van der Waals surface area (Å²) in [4.78, 5) is 12.9.